The van der Waals surface area contributed by atoms with Crippen LogP contribution in [0.4, 0.5) is 0 Å². The van der Waals surface area contributed by atoms with Crippen LogP contribution in [0.25, 0.3) is 0 Å². The van der Waals surface area contributed by atoms with E-state index in [0.29, 0.717) is 0 Å². The van der Waals surface area contributed by atoms with Gasteiger partial charge in [0.25, 0.3) is 0 Å². The average Bonchev–Trinajstić information content (AvgIpc) is 2.09. The quantitative estimate of drug-likeness (QED) is 0.694. The lowest BCUT2D eigenvalue weighted by Gasteiger charge is -2.36. The maximum Gasteiger partial charge on any atom is 0.0763 e. The van der Waals surface area contributed by atoms with E-state index in [0.717, 1.165) is 12.2 Å². The highest BCUT2D eigenvalue weighted by atomic mass is 32.2. The van der Waals surface area contributed by atoms with Crippen molar-refractivity contribution >= 4 is 11.8 Å². The molecule has 0 aromatic carbocycles. The molecule has 11 heavy (non-hydrogen) atoms. The second-order valence-corrected chi connectivity index (χ2v) is 5.56. The molecule has 2 unspecified atom stereocenters. The Bertz CT molecular complexity index is 144. The zero-order valence-electron chi connectivity index (χ0n) is 7.68. The Morgan fingerprint density at radius 3 is 2.36 bits per heavy atom. The fraction of sp³-hybridized carbons (Fsp3) is 1.00. The van der Waals surface area contributed by atoms with Crippen LogP contribution in [0.3, 0.4) is 0 Å². The van der Waals surface area contributed by atoms with Crippen molar-refractivity contribution in [3.63, 3.8) is 0 Å². The first-order valence-corrected chi connectivity index (χ1v) is 5.37. The van der Waals surface area contributed by atoms with Gasteiger partial charge in [-0.05, 0) is 38.9 Å². The molecule has 2 atom stereocenters. The second kappa shape index (κ2) is 2.98. The summed E-state index contributed by atoms with van der Waals surface area (Å²) in [5.41, 5.74) is -0.437. The number of rotatable bonds is 2. The maximum absolute atomic E-state index is 10.0. The molecule has 1 saturated carbocycles. The summed E-state index contributed by atoms with van der Waals surface area (Å²) in [6, 6.07) is 0. The van der Waals surface area contributed by atoms with Gasteiger partial charge in [0.2, 0.25) is 0 Å². The van der Waals surface area contributed by atoms with Crippen molar-refractivity contribution in [2.75, 3.05) is 5.75 Å². The van der Waals surface area contributed by atoms with Gasteiger partial charge in [0.05, 0.1) is 5.60 Å². The minimum Gasteiger partial charge on any atom is -0.389 e. The molecule has 1 rings (SSSR count). The van der Waals surface area contributed by atoms with Crippen molar-refractivity contribution in [1.29, 1.82) is 0 Å². The van der Waals surface area contributed by atoms with Gasteiger partial charge in [-0.1, -0.05) is 6.92 Å². The molecule has 0 spiro atoms. The van der Waals surface area contributed by atoms with E-state index in [4.69, 9.17) is 0 Å². The molecule has 1 fully saturated rings. The summed E-state index contributed by atoms with van der Waals surface area (Å²) in [4.78, 5) is 0. The van der Waals surface area contributed by atoms with Gasteiger partial charge < -0.3 is 5.11 Å². The van der Waals surface area contributed by atoms with Crippen molar-refractivity contribution < 1.29 is 5.11 Å². The molecule has 0 saturated heterocycles. The molecule has 0 radical (unpaired) electrons. The van der Waals surface area contributed by atoms with Crippen LogP contribution < -0.4 is 0 Å². The van der Waals surface area contributed by atoms with E-state index >= 15 is 0 Å². The summed E-state index contributed by atoms with van der Waals surface area (Å²) in [6.07, 6.45) is 3.31. The monoisotopic (exact) mass is 174 g/mol. The fourth-order valence-corrected chi connectivity index (χ4v) is 3.19. The highest BCUT2D eigenvalue weighted by Crippen LogP contribution is 2.47. The van der Waals surface area contributed by atoms with E-state index in [9.17, 15) is 5.11 Å². The minimum absolute atomic E-state index is 0.113. The van der Waals surface area contributed by atoms with E-state index in [1.54, 1.807) is 0 Å². The summed E-state index contributed by atoms with van der Waals surface area (Å²) < 4.78 is 0.113. The van der Waals surface area contributed by atoms with Gasteiger partial charge in [0, 0.05) is 4.75 Å². The van der Waals surface area contributed by atoms with Crippen molar-refractivity contribution in [1.82, 2.24) is 0 Å². The molecule has 1 aliphatic carbocycles. The molecule has 0 amide bonds. The van der Waals surface area contributed by atoms with E-state index in [-0.39, 0.29) is 4.75 Å². The molecule has 0 aromatic heterocycles. The fourth-order valence-electron chi connectivity index (χ4n) is 1.85. The van der Waals surface area contributed by atoms with Crippen LogP contribution in [0.1, 0.15) is 40.0 Å². The van der Waals surface area contributed by atoms with E-state index in [1.165, 1.54) is 12.8 Å². The van der Waals surface area contributed by atoms with Crippen molar-refractivity contribution in [2.45, 2.75) is 50.4 Å². The van der Waals surface area contributed by atoms with Crippen LogP contribution in [0.15, 0.2) is 0 Å². The van der Waals surface area contributed by atoms with Crippen LogP contribution in [0, 0.1) is 0 Å². The van der Waals surface area contributed by atoms with Crippen LogP contribution in [-0.4, -0.2) is 21.2 Å². The minimum atomic E-state index is -0.437. The van der Waals surface area contributed by atoms with Gasteiger partial charge in [-0.2, -0.15) is 11.8 Å². The Labute approximate surface area is 73.6 Å². The van der Waals surface area contributed by atoms with E-state index < -0.39 is 5.60 Å². The molecule has 2 heteroatoms. The third-order valence-electron chi connectivity index (χ3n) is 2.92. The van der Waals surface area contributed by atoms with Gasteiger partial charge in [-0.15, -0.1) is 0 Å². The third-order valence-corrected chi connectivity index (χ3v) is 4.49. The van der Waals surface area contributed by atoms with E-state index in [1.807, 2.05) is 18.7 Å². The Morgan fingerprint density at radius 1 is 1.36 bits per heavy atom. The Balaban J connectivity index is 2.68. The lowest BCUT2D eigenvalue weighted by atomic mass is 9.94. The molecule has 0 bridgehead atoms. The summed E-state index contributed by atoms with van der Waals surface area (Å²) in [5.74, 6) is 1.10. The van der Waals surface area contributed by atoms with Crippen molar-refractivity contribution in [3.05, 3.63) is 0 Å². The van der Waals surface area contributed by atoms with Gasteiger partial charge in [0.15, 0.2) is 0 Å². The van der Waals surface area contributed by atoms with Crippen LogP contribution in [0.5, 0.6) is 0 Å². The van der Waals surface area contributed by atoms with Gasteiger partial charge in [-0.25, -0.2) is 0 Å². The first-order chi connectivity index (χ1) is 5.02. The lowest BCUT2D eigenvalue weighted by Crippen LogP contribution is -2.42. The van der Waals surface area contributed by atoms with Crippen LogP contribution in [0.2, 0.25) is 0 Å². The molecular formula is C9H18OS. The zero-order chi connectivity index (χ0) is 8.54. The molecule has 0 aliphatic heterocycles. The van der Waals surface area contributed by atoms with Crippen molar-refractivity contribution in [2.24, 2.45) is 0 Å². The normalized spacial score (nSPS) is 44.7. The smallest absolute Gasteiger partial charge is 0.0763 e. The first kappa shape index (κ1) is 9.40. The van der Waals surface area contributed by atoms with Crippen LogP contribution in [-0.2, 0) is 0 Å². The number of aliphatic hydroxyl groups is 1. The van der Waals surface area contributed by atoms with Gasteiger partial charge >= 0.3 is 0 Å². The molecule has 1 aliphatic rings. The Hall–Kier alpha value is 0.310. The third kappa shape index (κ3) is 1.57. The zero-order valence-corrected chi connectivity index (χ0v) is 8.50. The molecular weight excluding hydrogens is 156 g/mol. The summed E-state index contributed by atoms with van der Waals surface area (Å²) >= 11 is 1.90. The predicted molar refractivity (Wildman–Crippen MR) is 51.0 cm³/mol. The summed E-state index contributed by atoms with van der Waals surface area (Å²) in [6.45, 7) is 6.32. The summed E-state index contributed by atoms with van der Waals surface area (Å²) in [7, 11) is 0. The topological polar surface area (TPSA) is 20.2 Å². The molecule has 0 aromatic rings. The molecule has 1 N–H and O–H groups in total. The van der Waals surface area contributed by atoms with Gasteiger partial charge in [-0.3, -0.25) is 0 Å². The summed E-state index contributed by atoms with van der Waals surface area (Å²) in [5, 5.41) is 10.0. The highest BCUT2D eigenvalue weighted by molar-refractivity contribution is 8.00. The van der Waals surface area contributed by atoms with Gasteiger partial charge in [0.1, 0.15) is 0 Å². The second-order valence-electron chi connectivity index (χ2n) is 3.79. The Morgan fingerprint density at radius 2 is 2.00 bits per heavy atom. The largest absolute Gasteiger partial charge is 0.389 e. The highest BCUT2D eigenvalue weighted by Gasteiger charge is 2.47. The first-order valence-electron chi connectivity index (χ1n) is 4.38. The Kier molecular flexibility index (Phi) is 2.55. The predicted octanol–water partition coefficient (Wildman–Crippen LogP) is 2.43. The molecule has 0 heterocycles. The molecule has 66 valence electrons. The number of hydrogen-bond donors (Lipinski definition) is 1. The number of hydrogen-bond acceptors (Lipinski definition) is 2. The lowest BCUT2D eigenvalue weighted by molar-refractivity contribution is 0.0437. The van der Waals surface area contributed by atoms with E-state index in [2.05, 4.69) is 13.8 Å². The van der Waals surface area contributed by atoms with Crippen LogP contribution >= 0.6 is 11.8 Å². The SMILES string of the molecule is CCSC1(C)CCCC1(C)O. The van der Waals surface area contributed by atoms with Crippen molar-refractivity contribution in [3.8, 4) is 0 Å². The average molecular weight is 174 g/mol. The standard InChI is InChI=1S/C9H18OS/c1-4-11-9(3)7-5-6-8(9,2)10/h10H,4-7H2,1-3H3. The molecule has 1 nitrogen and oxygen atoms in total. The maximum atomic E-state index is 10.0. The number of thioether (sulfide) groups is 1.